The van der Waals surface area contributed by atoms with E-state index < -0.39 is 5.91 Å². The van der Waals surface area contributed by atoms with Gasteiger partial charge in [0.25, 0.3) is 5.91 Å². The number of amides is 1. The number of benzene rings is 1. The number of carbonyl (C=O) groups excluding carboxylic acids is 1. The zero-order chi connectivity index (χ0) is 21.8. The molecule has 9 heteroatoms. The highest BCUT2D eigenvalue weighted by Gasteiger charge is 2.15. The molecule has 1 rings (SSSR count). The first-order valence-electron chi connectivity index (χ1n) is 8.84. The van der Waals surface area contributed by atoms with Crippen LogP contribution >= 0.6 is 23.2 Å². The molecule has 0 spiro atoms. The number of hydrogen-bond donors (Lipinski definition) is 3. The van der Waals surface area contributed by atoms with Crippen molar-refractivity contribution in [2.45, 2.75) is 27.3 Å². The highest BCUT2D eigenvalue weighted by molar-refractivity contribution is 6.45. The fourth-order valence-corrected chi connectivity index (χ4v) is 2.47. The molecule has 0 unspecified atom stereocenters. The fourth-order valence-electron chi connectivity index (χ4n) is 2.15. The van der Waals surface area contributed by atoms with Gasteiger partial charge in [-0.2, -0.15) is 5.26 Å². The highest BCUT2D eigenvalue weighted by Crippen LogP contribution is 2.22. The van der Waals surface area contributed by atoms with Crippen LogP contribution in [0.1, 0.15) is 26.3 Å². The summed E-state index contributed by atoms with van der Waals surface area (Å²) in [4.78, 5) is 17.0. The van der Waals surface area contributed by atoms with E-state index >= 15 is 0 Å². The minimum atomic E-state index is -0.401. The normalized spacial score (nSPS) is 11.6. The lowest BCUT2D eigenvalue weighted by atomic mass is 10.1. The largest absolute Gasteiger partial charge is 0.404 e. The van der Waals surface area contributed by atoms with E-state index in [-0.39, 0.29) is 25.5 Å². The predicted octanol–water partition coefficient (Wildman–Crippen LogP) is 3.29. The number of carbonyl (C=O) groups is 1. The molecule has 29 heavy (non-hydrogen) atoms. The number of aliphatic imine (C=N–C) groups is 1. The van der Waals surface area contributed by atoms with Crippen LogP contribution in [-0.4, -0.2) is 31.4 Å². The molecule has 0 fully saturated rings. The van der Waals surface area contributed by atoms with Crippen molar-refractivity contribution in [2.75, 3.05) is 19.8 Å². The summed E-state index contributed by atoms with van der Waals surface area (Å²) in [5.41, 5.74) is 8.08. The Morgan fingerprint density at radius 3 is 2.62 bits per heavy atom. The first kappa shape index (κ1) is 24.5. The molecule has 7 nitrogen and oxygen atoms in total. The van der Waals surface area contributed by atoms with Crippen molar-refractivity contribution in [1.29, 1.82) is 5.26 Å². The molecule has 1 aromatic rings. The standard InChI is InChI=1S/C20H25Cl2N5O2/c1-13(2)19(26-12-15-4-5-16(21)17(22)10-15)27-20(28)18(14(3)11-24)25-7-9-29-8-6-23/h4-5,10-11,26H,7-9,12,24H2,1-3H3,(H,27,28). The Kier molecular flexibility index (Phi) is 10.8. The first-order chi connectivity index (χ1) is 13.8. The van der Waals surface area contributed by atoms with Crippen molar-refractivity contribution in [3.05, 3.63) is 57.0 Å². The molecule has 0 aliphatic heterocycles. The molecular formula is C20H25Cl2N5O2. The summed E-state index contributed by atoms with van der Waals surface area (Å²) in [7, 11) is 0. The van der Waals surface area contributed by atoms with Crippen molar-refractivity contribution in [2.24, 2.45) is 10.7 Å². The van der Waals surface area contributed by atoms with Gasteiger partial charge in [-0.05, 0) is 55.8 Å². The number of nitrogens with one attached hydrogen (secondary N) is 2. The average molecular weight is 438 g/mol. The zero-order valence-electron chi connectivity index (χ0n) is 16.7. The topological polar surface area (TPSA) is 113 Å². The number of hydrogen-bond acceptors (Lipinski definition) is 6. The van der Waals surface area contributed by atoms with Gasteiger partial charge in [0.15, 0.2) is 0 Å². The third-order valence-electron chi connectivity index (χ3n) is 3.70. The van der Waals surface area contributed by atoms with E-state index in [1.807, 2.05) is 26.0 Å². The first-order valence-corrected chi connectivity index (χ1v) is 9.60. The van der Waals surface area contributed by atoms with Gasteiger partial charge in [-0.3, -0.25) is 9.79 Å². The van der Waals surface area contributed by atoms with Crippen LogP contribution in [0.2, 0.25) is 10.0 Å². The molecule has 1 amide bonds. The Morgan fingerprint density at radius 2 is 2.03 bits per heavy atom. The summed E-state index contributed by atoms with van der Waals surface area (Å²) < 4.78 is 5.06. The van der Waals surface area contributed by atoms with Crippen LogP contribution in [0.25, 0.3) is 0 Å². The number of allylic oxidation sites excluding steroid dienone is 1. The summed E-state index contributed by atoms with van der Waals surface area (Å²) in [5, 5.41) is 15.4. The van der Waals surface area contributed by atoms with E-state index in [1.165, 1.54) is 6.20 Å². The molecule has 0 atom stereocenters. The van der Waals surface area contributed by atoms with Crippen LogP contribution in [0.4, 0.5) is 0 Å². The van der Waals surface area contributed by atoms with E-state index in [9.17, 15) is 4.79 Å². The number of halogens is 2. The Labute approximate surface area is 181 Å². The number of nitrogens with zero attached hydrogens (tertiary/aromatic N) is 2. The maximum absolute atomic E-state index is 12.7. The Hall–Kier alpha value is -2.53. The van der Waals surface area contributed by atoms with Gasteiger partial charge in [0.05, 0.1) is 29.3 Å². The van der Waals surface area contributed by atoms with Crippen molar-refractivity contribution >= 4 is 34.8 Å². The van der Waals surface area contributed by atoms with Crippen LogP contribution in [0, 0.1) is 11.3 Å². The Balaban J connectivity index is 2.84. The molecule has 0 heterocycles. The average Bonchev–Trinajstić information content (AvgIpc) is 2.69. The van der Waals surface area contributed by atoms with E-state index in [4.69, 9.17) is 38.9 Å². The fraction of sp³-hybridized carbons (Fsp3) is 0.350. The molecule has 156 valence electrons. The number of ether oxygens (including phenoxy) is 1. The van der Waals surface area contributed by atoms with Crippen molar-refractivity contribution in [3.8, 4) is 6.07 Å². The van der Waals surface area contributed by atoms with Gasteiger partial charge in [-0.25, -0.2) is 0 Å². The quantitative estimate of drug-likeness (QED) is 0.383. The lowest BCUT2D eigenvalue weighted by molar-refractivity contribution is -0.114. The second kappa shape index (κ2) is 12.8. The van der Waals surface area contributed by atoms with Crippen molar-refractivity contribution < 1.29 is 9.53 Å². The lowest BCUT2D eigenvalue weighted by Gasteiger charge is -2.16. The number of rotatable bonds is 10. The van der Waals surface area contributed by atoms with Gasteiger partial charge in [0.1, 0.15) is 18.1 Å². The smallest absolute Gasteiger partial charge is 0.275 e. The molecule has 0 saturated carbocycles. The number of nitrogens with two attached hydrogens (primary N) is 1. The molecule has 0 radical (unpaired) electrons. The summed E-state index contributed by atoms with van der Waals surface area (Å²) in [5.74, 6) is 0.154. The Morgan fingerprint density at radius 1 is 1.31 bits per heavy atom. The molecule has 1 aromatic carbocycles. The maximum atomic E-state index is 12.7. The summed E-state index contributed by atoms with van der Waals surface area (Å²) in [6, 6.07) is 7.20. The van der Waals surface area contributed by atoms with Crippen molar-refractivity contribution in [3.63, 3.8) is 0 Å². The second-order valence-corrected chi connectivity index (χ2v) is 7.04. The van der Waals surface area contributed by atoms with Crippen molar-refractivity contribution in [1.82, 2.24) is 10.6 Å². The molecule has 0 aromatic heterocycles. The third-order valence-corrected chi connectivity index (χ3v) is 4.44. The van der Waals surface area contributed by atoms with Gasteiger partial charge in [0, 0.05) is 6.54 Å². The second-order valence-electron chi connectivity index (χ2n) is 6.22. The van der Waals surface area contributed by atoms with Gasteiger partial charge < -0.3 is 21.1 Å². The van der Waals surface area contributed by atoms with Crippen LogP contribution in [-0.2, 0) is 16.1 Å². The maximum Gasteiger partial charge on any atom is 0.275 e. The summed E-state index contributed by atoms with van der Waals surface area (Å²) >= 11 is 12.0. The zero-order valence-corrected chi connectivity index (χ0v) is 18.2. The molecule has 4 N–H and O–H groups in total. The molecule has 0 aliphatic rings. The minimum Gasteiger partial charge on any atom is -0.404 e. The highest BCUT2D eigenvalue weighted by atomic mass is 35.5. The van der Waals surface area contributed by atoms with Crippen LogP contribution in [0.5, 0.6) is 0 Å². The molecule has 0 saturated heterocycles. The van der Waals surface area contributed by atoms with Crippen LogP contribution in [0.15, 0.2) is 46.4 Å². The predicted molar refractivity (Wildman–Crippen MR) is 116 cm³/mol. The monoisotopic (exact) mass is 437 g/mol. The SMILES string of the molecule is CC(=CN)C(=NCCOCC#N)C(=O)NC(NCc1ccc(Cl)c(Cl)c1)=C(C)C. The molecular weight excluding hydrogens is 413 g/mol. The van der Waals surface area contributed by atoms with Gasteiger partial charge in [0.2, 0.25) is 0 Å². The lowest BCUT2D eigenvalue weighted by Crippen LogP contribution is -2.37. The van der Waals surface area contributed by atoms with Crippen LogP contribution in [0.3, 0.4) is 0 Å². The number of nitriles is 1. The Bertz CT molecular complexity index is 853. The third kappa shape index (κ3) is 8.57. The van der Waals surface area contributed by atoms with Gasteiger partial charge >= 0.3 is 0 Å². The van der Waals surface area contributed by atoms with E-state index in [0.29, 0.717) is 28.0 Å². The summed E-state index contributed by atoms with van der Waals surface area (Å²) in [6.07, 6.45) is 1.32. The van der Waals surface area contributed by atoms with Gasteiger partial charge in [-0.15, -0.1) is 0 Å². The van der Waals surface area contributed by atoms with E-state index in [1.54, 1.807) is 19.1 Å². The van der Waals surface area contributed by atoms with Gasteiger partial charge in [-0.1, -0.05) is 29.3 Å². The molecule has 0 bridgehead atoms. The molecule has 0 aliphatic carbocycles. The van der Waals surface area contributed by atoms with E-state index in [0.717, 1.165) is 11.1 Å². The van der Waals surface area contributed by atoms with Crippen LogP contribution < -0.4 is 16.4 Å². The minimum absolute atomic E-state index is 0.0245. The van der Waals surface area contributed by atoms with E-state index in [2.05, 4.69) is 15.6 Å². The summed E-state index contributed by atoms with van der Waals surface area (Å²) in [6.45, 7) is 6.32.